The van der Waals surface area contributed by atoms with Crippen LogP contribution in [0, 0.1) is 0 Å². The predicted octanol–water partition coefficient (Wildman–Crippen LogP) is 7.47. The summed E-state index contributed by atoms with van der Waals surface area (Å²) < 4.78 is 27.6. The molecule has 0 spiro atoms. The average molecular weight is 658 g/mol. The van der Waals surface area contributed by atoms with Gasteiger partial charge in [0.25, 0.3) is 0 Å². The highest BCUT2D eigenvalue weighted by Crippen LogP contribution is 2.35. The van der Waals surface area contributed by atoms with Crippen LogP contribution in [0.3, 0.4) is 0 Å². The molecule has 5 N–H and O–H groups in total. The van der Waals surface area contributed by atoms with Crippen molar-refractivity contribution >= 4 is 55.0 Å². The Balaban J connectivity index is 0.000000156. The zero-order chi connectivity index (χ0) is 33.3. The van der Waals surface area contributed by atoms with E-state index in [0.29, 0.717) is 11.7 Å². The molecule has 0 radical (unpaired) electrons. The first-order valence-corrected chi connectivity index (χ1v) is 17.6. The van der Waals surface area contributed by atoms with Gasteiger partial charge in [-0.05, 0) is 109 Å². The Labute approximate surface area is 281 Å². The van der Waals surface area contributed by atoms with Crippen LogP contribution in [0.4, 0.5) is 23.0 Å². The molecule has 10 heteroatoms. The molecule has 0 fully saturated rings. The van der Waals surface area contributed by atoms with Gasteiger partial charge in [0.05, 0.1) is 28.8 Å². The summed E-state index contributed by atoms with van der Waals surface area (Å²) in [6.07, 6.45) is 4.40. The predicted molar refractivity (Wildman–Crippen MR) is 196 cm³/mol. The molecule has 2 aliphatic rings. The van der Waals surface area contributed by atoms with Gasteiger partial charge in [-0.25, -0.2) is 9.97 Å². The molecule has 244 valence electrons. The lowest BCUT2D eigenvalue weighted by Gasteiger charge is -2.16. The summed E-state index contributed by atoms with van der Waals surface area (Å²) >= 11 is 0. The molecule has 6 aromatic rings. The molecule has 4 aromatic carbocycles. The molecule has 0 bridgehead atoms. The van der Waals surface area contributed by atoms with Gasteiger partial charge in [-0.1, -0.05) is 48.5 Å². The fourth-order valence-electron chi connectivity index (χ4n) is 6.51. The van der Waals surface area contributed by atoms with Crippen molar-refractivity contribution in [3.05, 3.63) is 131 Å². The standard InChI is InChI=1S/C20H22N4O2S.C18H17N3/c1-24(2)27(25,26)23-16-9-11-18-15(13-16)8-12-20(21-18)22-19-10-7-14-5-3-4-6-17(14)19;19-14-7-9-16-13(11-14)6-10-18(20-16)21-17-8-5-12-3-1-2-4-15(12)17/h3-6,8-9,11-13,19,23H,7,10H2,1-2H3,(H,21,22);1-4,6-7,9-11,17H,5,8,19H2,(H,20,21)/t19-;17-/m11/s1. The van der Waals surface area contributed by atoms with Gasteiger partial charge in [0.1, 0.15) is 11.6 Å². The number of nitrogens with zero attached hydrogens (tertiary/aromatic N) is 3. The van der Waals surface area contributed by atoms with Crippen molar-refractivity contribution in [3.8, 4) is 0 Å². The van der Waals surface area contributed by atoms with Crippen molar-refractivity contribution < 1.29 is 8.42 Å². The number of anilines is 4. The minimum absolute atomic E-state index is 0.275. The topological polar surface area (TPSA) is 125 Å². The third-order valence-electron chi connectivity index (χ3n) is 9.04. The first-order chi connectivity index (χ1) is 23.2. The normalized spacial score (nSPS) is 16.6. The molecule has 0 saturated carbocycles. The van der Waals surface area contributed by atoms with Gasteiger partial charge in [0, 0.05) is 30.6 Å². The largest absolute Gasteiger partial charge is 0.399 e. The molecule has 0 saturated heterocycles. The lowest BCUT2D eigenvalue weighted by atomic mass is 10.1. The van der Waals surface area contributed by atoms with E-state index < -0.39 is 10.2 Å². The number of nitrogens with one attached hydrogen (secondary N) is 3. The summed E-state index contributed by atoms with van der Waals surface area (Å²) in [4.78, 5) is 9.37. The number of hydrogen-bond donors (Lipinski definition) is 4. The van der Waals surface area contributed by atoms with Crippen molar-refractivity contribution in [2.75, 3.05) is 35.2 Å². The Morgan fingerprint density at radius 2 is 1.19 bits per heavy atom. The number of hydrogen-bond acceptors (Lipinski definition) is 7. The number of aryl methyl sites for hydroxylation is 2. The van der Waals surface area contributed by atoms with E-state index in [-0.39, 0.29) is 6.04 Å². The summed E-state index contributed by atoms with van der Waals surface area (Å²) in [5, 5.41) is 9.05. The van der Waals surface area contributed by atoms with Crippen LogP contribution in [-0.2, 0) is 23.1 Å². The summed E-state index contributed by atoms with van der Waals surface area (Å²) in [7, 11) is -0.541. The quantitative estimate of drug-likeness (QED) is 0.131. The summed E-state index contributed by atoms with van der Waals surface area (Å²) in [5.74, 6) is 1.75. The lowest BCUT2D eigenvalue weighted by Crippen LogP contribution is -2.28. The van der Waals surface area contributed by atoms with Crippen LogP contribution < -0.4 is 21.1 Å². The molecule has 9 nitrogen and oxygen atoms in total. The number of fused-ring (bicyclic) bond motifs is 4. The molecular weight excluding hydrogens is 619 g/mol. The van der Waals surface area contributed by atoms with E-state index in [2.05, 4.69) is 79.9 Å². The highest BCUT2D eigenvalue weighted by Gasteiger charge is 2.23. The van der Waals surface area contributed by atoms with Gasteiger partial charge < -0.3 is 16.4 Å². The zero-order valence-corrected chi connectivity index (χ0v) is 27.8. The number of aromatic nitrogens is 2. The molecule has 48 heavy (non-hydrogen) atoms. The van der Waals surface area contributed by atoms with Crippen molar-refractivity contribution in [1.29, 1.82) is 0 Å². The molecular formula is C38H39N7O2S. The number of rotatable bonds is 7. The Morgan fingerprint density at radius 3 is 1.75 bits per heavy atom. The summed E-state index contributed by atoms with van der Waals surface area (Å²) in [6.45, 7) is 0. The van der Waals surface area contributed by atoms with E-state index in [1.54, 1.807) is 12.1 Å². The van der Waals surface area contributed by atoms with Gasteiger partial charge in [0.15, 0.2) is 0 Å². The Bertz CT molecular complexity index is 2220. The second kappa shape index (κ2) is 13.1. The van der Waals surface area contributed by atoms with Crippen LogP contribution in [0.5, 0.6) is 0 Å². The molecule has 0 aliphatic heterocycles. The first kappa shape index (κ1) is 31.4. The Morgan fingerprint density at radius 1 is 0.667 bits per heavy atom. The summed E-state index contributed by atoms with van der Waals surface area (Å²) in [5.41, 5.74) is 14.5. The highest BCUT2D eigenvalue weighted by molar-refractivity contribution is 7.90. The third-order valence-corrected chi connectivity index (χ3v) is 10.5. The van der Waals surface area contributed by atoms with Crippen molar-refractivity contribution in [1.82, 2.24) is 14.3 Å². The van der Waals surface area contributed by atoms with Crippen LogP contribution in [-0.4, -0.2) is 36.8 Å². The minimum atomic E-state index is -3.52. The second-order valence-corrected chi connectivity index (χ2v) is 14.4. The maximum absolute atomic E-state index is 12.0. The lowest BCUT2D eigenvalue weighted by molar-refractivity contribution is 0.527. The number of benzene rings is 4. The van der Waals surface area contributed by atoms with Crippen LogP contribution >= 0.6 is 0 Å². The van der Waals surface area contributed by atoms with Gasteiger partial charge in [-0.15, -0.1) is 0 Å². The molecule has 2 heterocycles. The number of pyridine rings is 2. The van der Waals surface area contributed by atoms with Gasteiger partial charge in [0.2, 0.25) is 0 Å². The highest BCUT2D eigenvalue weighted by atomic mass is 32.2. The van der Waals surface area contributed by atoms with E-state index in [1.165, 1.54) is 36.3 Å². The van der Waals surface area contributed by atoms with E-state index in [0.717, 1.165) is 69.1 Å². The Hall–Kier alpha value is -5.19. The smallest absolute Gasteiger partial charge is 0.301 e. The van der Waals surface area contributed by atoms with Gasteiger partial charge in [-0.3, -0.25) is 4.72 Å². The Kier molecular flexibility index (Phi) is 8.60. The maximum Gasteiger partial charge on any atom is 0.301 e. The van der Waals surface area contributed by atoms with Gasteiger partial charge in [-0.2, -0.15) is 12.7 Å². The van der Waals surface area contributed by atoms with E-state index in [9.17, 15) is 8.42 Å². The monoisotopic (exact) mass is 657 g/mol. The van der Waals surface area contributed by atoms with Crippen molar-refractivity contribution in [2.24, 2.45) is 0 Å². The van der Waals surface area contributed by atoms with Crippen LogP contribution in [0.15, 0.2) is 109 Å². The maximum atomic E-state index is 12.0. The van der Waals surface area contributed by atoms with Crippen LogP contribution in [0.25, 0.3) is 21.8 Å². The first-order valence-electron chi connectivity index (χ1n) is 16.2. The van der Waals surface area contributed by atoms with Crippen LogP contribution in [0.2, 0.25) is 0 Å². The average Bonchev–Trinajstić information content (AvgIpc) is 3.69. The van der Waals surface area contributed by atoms with E-state index in [4.69, 9.17) is 5.73 Å². The number of nitrogens with two attached hydrogens (primary N) is 1. The SMILES string of the molecule is CN(C)S(=O)(=O)Nc1ccc2nc(N[C@@H]3CCc4ccccc43)ccc2c1.Nc1ccc2nc(N[C@@H]3CCc4ccccc43)ccc2c1. The molecule has 2 atom stereocenters. The van der Waals surface area contributed by atoms with Crippen LogP contribution in [0.1, 0.15) is 47.2 Å². The minimum Gasteiger partial charge on any atom is -0.399 e. The molecule has 8 rings (SSSR count). The summed E-state index contributed by atoms with van der Waals surface area (Å²) in [6, 6.07) is 36.9. The zero-order valence-electron chi connectivity index (χ0n) is 27.0. The second-order valence-electron chi connectivity index (χ2n) is 12.5. The molecule has 0 amide bonds. The van der Waals surface area contributed by atoms with E-state index in [1.807, 2.05) is 42.5 Å². The fraction of sp³-hybridized carbons (Fsp3) is 0.211. The van der Waals surface area contributed by atoms with Crippen molar-refractivity contribution in [2.45, 2.75) is 37.8 Å². The van der Waals surface area contributed by atoms with E-state index >= 15 is 0 Å². The fourth-order valence-corrected chi connectivity index (χ4v) is 7.11. The number of nitrogen functional groups attached to an aromatic ring is 1. The molecule has 2 aromatic heterocycles. The van der Waals surface area contributed by atoms with Gasteiger partial charge >= 0.3 is 10.2 Å². The van der Waals surface area contributed by atoms with Crippen molar-refractivity contribution in [3.63, 3.8) is 0 Å². The third kappa shape index (κ3) is 6.76. The molecule has 2 aliphatic carbocycles. The molecule has 0 unspecified atom stereocenters.